The number of ether oxygens (including phenoxy) is 1. The predicted molar refractivity (Wildman–Crippen MR) is 115 cm³/mol. The second-order valence-electron chi connectivity index (χ2n) is 7.32. The Bertz CT molecular complexity index is 1000. The molecule has 1 heterocycles. The van der Waals surface area contributed by atoms with Crippen LogP contribution < -0.4 is 0 Å². The highest BCUT2D eigenvalue weighted by Crippen LogP contribution is 2.29. The van der Waals surface area contributed by atoms with Gasteiger partial charge in [-0.25, -0.2) is 9.78 Å². The Hall–Kier alpha value is -3.41. The summed E-state index contributed by atoms with van der Waals surface area (Å²) in [6, 6.07) is 2.80. The lowest BCUT2D eigenvalue weighted by Gasteiger charge is -2.34. The van der Waals surface area contributed by atoms with Crippen LogP contribution in [-0.4, -0.2) is 44.3 Å². The Kier molecular flexibility index (Phi) is 7.46. The largest absolute Gasteiger partial charge is 0.461 e. The Balaban J connectivity index is 1.94. The molecule has 1 fully saturated rings. The predicted octanol–water partition coefficient (Wildman–Crippen LogP) is 4.11. The first-order valence-corrected chi connectivity index (χ1v) is 11.0. The molecule has 0 bridgehead atoms. The third-order valence-electron chi connectivity index (χ3n) is 5.19. The van der Waals surface area contributed by atoms with Crippen molar-refractivity contribution in [2.24, 2.45) is 0 Å². The summed E-state index contributed by atoms with van der Waals surface area (Å²) in [7, 11) is 0. The summed E-state index contributed by atoms with van der Waals surface area (Å²) in [6.45, 7) is 1.99. The van der Waals surface area contributed by atoms with Crippen LogP contribution >= 0.6 is 11.3 Å². The first-order valence-electron chi connectivity index (χ1n) is 10.2. The fourth-order valence-corrected chi connectivity index (χ4v) is 4.44. The van der Waals surface area contributed by atoms with Crippen molar-refractivity contribution in [2.45, 2.75) is 51.6 Å². The number of nitro benzene ring substituents is 2. The third kappa shape index (κ3) is 5.44. The van der Waals surface area contributed by atoms with Gasteiger partial charge in [-0.05, 0) is 19.8 Å². The molecule has 1 amide bonds. The standard InChI is InChI=1S/C20H22N4O7S/c1-2-31-20(26)17-12-32-18(21-17)11-22(14-6-4-3-5-7-14)19(25)13-8-15(23(27)28)10-16(9-13)24(29)30/h8-10,12,14H,2-7,11H2,1H3. The number of benzene rings is 1. The van der Waals surface area contributed by atoms with E-state index in [0.717, 1.165) is 50.3 Å². The van der Waals surface area contributed by atoms with E-state index in [4.69, 9.17) is 4.74 Å². The number of hydrogen-bond donors (Lipinski definition) is 0. The molecule has 1 aromatic carbocycles. The summed E-state index contributed by atoms with van der Waals surface area (Å²) in [6.07, 6.45) is 4.40. The van der Waals surface area contributed by atoms with Crippen LogP contribution in [0.1, 0.15) is 64.9 Å². The van der Waals surface area contributed by atoms with Crippen molar-refractivity contribution in [1.29, 1.82) is 0 Å². The van der Waals surface area contributed by atoms with Crippen LogP contribution in [0.15, 0.2) is 23.6 Å². The number of nitrogens with zero attached hydrogens (tertiary/aromatic N) is 4. The fraction of sp³-hybridized carbons (Fsp3) is 0.450. The van der Waals surface area contributed by atoms with Crippen molar-refractivity contribution in [3.63, 3.8) is 0 Å². The number of carbonyl (C=O) groups is 2. The number of amides is 1. The summed E-state index contributed by atoms with van der Waals surface area (Å²) >= 11 is 1.20. The summed E-state index contributed by atoms with van der Waals surface area (Å²) < 4.78 is 4.95. The number of non-ortho nitro benzene ring substituents is 2. The highest BCUT2D eigenvalue weighted by atomic mass is 32.1. The zero-order chi connectivity index (χ0) is 23.3. The highest BCUT2D eigenvalue weighted by molar-refractivity contribution is 7.09. The van der Waals surface area contributed by atoms with Crippen molar-refractivity contribution in [1.82, 2.24) is 9.88 Å². The quantitative estimate of drug-likeness (QED) is 0.323. The van der Waals surface area contributed by atoms with E-state index >= 15 is 0 Å². The van der Waals surface area contributed by atoms with Crippen LogP contribution in [0.4, 0.5) is 11.4 Å². The molecule has 1 aliphatic rings. The zero-order valence-electron chi connectivity index (χ0n) is 17.4. The van der Waals surface area contributed by atoms with Crippen LogP contribution in [0, 0.1) is 20.2 Å². The molecular formula is C20H22N4O7S. The summed E-state index contributed by atoms with van der Waals surface area (Å²) in [5.74, 6) is -1.10. The molecular weight excluding hydrogens is 440 g/mol. The van der Waals surface area contributed by atoms with Crippen LogP contribution in [0.25, 0.3) is 0 Å². The molecule has 0 aliphatic heterocycles. The van der Waals surface area contributed by atoms with Crippen molar-refractivity contribution >= 4 is 34.6 Å². The molecule has 0 atom stereocenters. The first kappa shape index (κ1) is 23.3. The molecule has 32 heavy (non-hydrogen) atoms. The molecule has 0 spiro atoms. The SMILES string of the molecule is CCOC(=O)c1csc(CN(C(=O)c2cc([N+](=O)[O-])cc([N+](=O)[O-])c2)C2CCCCC2)n1. The Morgan fingerprint density at radius 3 is 2.31 bits per heavy atom. The van der Waals surface area contributed by atoms with Gasteiger partial charge in [0.05, 0.1) is 34.6 Å². The van der Waals surface area contributed by atoms with Gasteiger partial charge < -0.3 is 9.64 Å². The number of aromatic nitrogens is 1. The number of rotatable bonds is 8. The van der Waals surface area contributed by atoms with E-state index < -0.39 is 33.1 Å². The lowest BCUT2D eigenvalue weighted by molar-refractivity contribution is -0.394. The Morgan fingerprint density at radius 2 is 1.75 bits per heavy atom. The van der Waals surface area contributed by atoms with E-state index in [1.165, 1.54) is 11.3 Å². The number of nitro groups is 2. The first-order chi connectivity index (χ1) is 15.3. The molecule has 3 rings (SSSR count). The number of thiazole rings is 1. The van der Waals surface area contributed by atoms with E-state index in [2.05, 4.69) is 4.98 Å². The molecule has 2 aromatic rings. The van der Waals surface area contributed by atoms with Gasteiger partial charge in [0.15, 0.2) is 5.69 Å². The lowest BCUT2D eigenvalue weighted by atomic mass is 9.93. The van der Waals surface area contributed by atoms with E-state index in [0.29, 0.717) is 5.01 Å². The minimum Gasteiger partial charge on any atom is -0.461 e. The minimum absolute atomic E-state index is 0.0874. The molecule has 0 saturated heterocycles. The summed E-state index contributed by atoms with van der Waals surface area (Å²) in [4.78, 5) is 52.1. The highest BCUT2D eigenvalue weighted by Gasteiger charge is 2.30. The number of hydrogen-bond acceptors (Lipinski definition) is 9. The van der Waals surface area contributed by atoms with Crippen molar-refractivity contribution < 1.29 is 24.2 Å². The second kappa shape index (κ2) is 10.3. The Labute approximate surface area is 187 Å². The molecule has 0 radical (unpaired) electrons. The number of carbonyl (C=O) groups excluding carboxylic acids is 2. The van der Waals surface area contributed by atoms with Gasteiger partial charge >= 0.3 is 5.97 Å². The van der Waals surface area contributed by atoms with E-state index in [1.54, 1.807) is 17.2 Å². The number of esters is 1. The molecule has 12 heteroatoms. The van der Waals surface area contributed by atoms with Gasteiger partial charge in [-0.2, -0.15) is 0 Å². The average Bonchev–Trinajstić information content (AvgIpc) is 3.26. The maximum atomic E-state index is 13.4. The van der Waals surface area contributed by atoms with Crippen LogP contribution in [0.5, 0.6) is 0 Å². The van der Waals surface area contributed by atoms with E-state index in [-0.39, 0.29) is 30.5 Å². The van der Waals surface area contributed by atoms with Crippen LogP contribution in [-0.2, 0) is 11.3 Å². The van der Waals surface area contributed by atoms with Gasteiger partial charge in [0.1, 0.15) is 5.01 Å². The van der Waals surface area contributed by atoms with Crippen LogP contribution in [0.2, 0.25) is 0 Å². The van der Waals surface area contributed by atoms with Gasteiger partial charge in [0.25, 0.3) is 17.3 Å². The normalized spacial score (nSPS) is 14.0. The van der Waals surface area contributed by atoms with Gasteiger partial charge in [0, 0.05) is 23.6 Å². The summed E-state index contributed by atoms with van der Waals surface area (Å²) in [5, 5.41) is 24.5. The minimum atomic E-state index is -0.763. The third-order valence-corrected chi connectivity index (χ3v) is 6.02. The molecule has 0 N–H and O–H groups in total. The van der Waals surface area contributed by atoms with Gasteiger partial charge in [-0.1, -0.05) is 19.3 Å². The monoisotopic (exact) mass is 462 g/mol. The molecule has 0 unspecified atom stereocenters. The average molecular weight is 462 g/mol. The smallest absolute Gasteiger partial charge is 0.357 e. The lowest BCUT2D eigenvalue weighted by Crippen LogP contribution is -2.41. The molecule has 1 saturated carbocycles. The molecule has 11 nitrogen and oxygen atoms in total. The van der Waals surface area contributed by atoms with E-state index in [9.17, 15) is 29.8 Å². The second-order valence-corrected chi connectivity index (χ2v) is 8.27. The maximum Gasteiger partial charge on any atom is 0.357 e. The fourth-order valence-electron chi connectivity index (χ4n) is 3.68. The summed E-state index contributed by atoms with van der Waals surface area (Å²) in [5.41, 5.74) is -1.03. The van der Waals surface area contributed by atoms with E-state index in [1.807, 2.05) is 0 Å². The maximum absolute atomic E-state index is 13.4. The van der Waals surface area contributed by atoms with Crippen LogP contribution in [0.3, 0.4) is 0 Å². The Morgan fingerprint density at radius 1 is 1.12 bits per heavy atom. The van der Waals surface area contributed by atoms with Gasteiger partial charge in [-0.3, -0.25) is 25.0 Å². The topological polar surface area (TPSA) is 146 Å². The van der Waals surface area contributed by atoms with Gasteiger partial charge in [0.2, 0.25) is 0 Å². The molecule has 170 valence electrons. The molecule has 1 aliphatic carbocycles. The zero-order valence-corrected chi connectivity index (χ0v) is 18.2. The van der Waals surface area contributed by atoms with Gasteiger partial charge in [-0.15, -0.1) is 11.3 Å². The van der Waals surface area contributed by atoms with Crippen molar-refractivity contribution in [3.8, 4) is 0 Å². The van der Waals surface area contributed by atoms with Crippen molar-refractivity contribution in [2.75, 3.05) is 6.61 Å². The molecule has 1 aromatic heterocycles. The van der Waals surface area contributed by atoms with Crippen molar-refractivity contribution in [3.05, 3.63) is 60.1 Å².